The molecule has 0 bridgehead atoms. The van der Waals surface area contributed by atoms with E-state index in [0.717, 1.165) is 0 Å². The largest absolute Gasteiger partial charge is 0.543 e. The van der Waals surface area contributed by atoms with Crippen molar-refractivity contribution in [3.63, 3.8) is 0 Å². The first-order valence-corrected chi connectivity index (χ1v) is 20.4. The lowest BCUT2D eigenvalue weighted by atomic mass is 10.0. The zero-order valence-corrected chi connectivity index (χ0v) is 29.1. The molecule has 1 amide bonds. The monoisotopic (exact) mass is 615 g/mol. The van der Waals surface area contributed by atoms with E-state index < -0.39 is 40.5 Å². The standard InChI is InChI=1S/C28H49NO8SSi2/c1-18-21(36-39(9,10)27(2,3)4)15-22(37-40(11,12)28(5,6)7)19(24(18)25(32)33)16-38-17-20(26(34)35-8)29-23(31)13-14-30/h15,20,30H,13-14,16-17H2,1-12H3,(H,29,31)(H,32,33)/t20-/m0/s1. The Morgan fingerprint density at radius 2 is 1.48 bits per heavy atom. The molecule has 0 spiro atoms. The van der Waals surface area contributed by atoms with Crippen LogP contribution in [0, 0.1) is 6.92 Å². The van der Waals surface area contributed by atoms with Crippen LogP contribution in [0.25, 0.3) is 0 Å². The highest BCUT2D eigenvalue weighted by Gasteiger charge is 2.42. The number of aliphatic hydroxyl groups excluding tert-OH is 1. The number of nitrogens with one attached hydrogen (secondary N) is 1. The van der Waals surface area contributed by atoms with Crippen LogP contribution in [-0.4, -0.2) is 70.2 Å². The summed E-state index contributed by atoms with van der Waals surface area (Å²) in [6.45, 7) is 22.6. The Hall–Kier alpha value is -2.03. The van der Waals surface area contributed by atoms with Crippen molar-refractivity contribution in [2.45, 2.75) is 103 Å². The van der Waals surface area contributed by atoms with Crippen LogP contribution in [-0.2, 0) is 20.1 Å². The number of carbonyl (C=O) groups excluding carboxylic acids is 2. The average Bonchev–Trinajstić information content (AvgIpc) is 2.78. The molecule has 0 saturated carbocycles. The van der Waals surface area contributed by atoms with Crippen LogP contribution in [0.5, 0.6) is 11.5 Å². The van der Waals surface area contributed by atoms with E-state index >= 15 is 0 Å². The van der Waals surface area contributed by atoms with Crippen molar-refractivity contribution in [1.82, 2.24) is 5.32 Å². The fraction of sp³-hybridized carbons (Fsp3) is 0.679. The van der Waals surface area contributed by atoms with Crippen molar-refractivity contribution in [1.29, 1.82) is 0 Å². The van der Waals surface area contributed by atoms with E-state index in [-0.39, 0.29) is 40.2 Å². The number of esters is 1. The minimum absolute atomic E-state index is 0.0961. The molecule has 0 aliphatic carbocycles. The van der Waals surface area contributed by atoms with Gasteiger partial charge < -0.3 is 29.1 Å². The molecular weight excluding hydrogens is 567 g/mol. The van der Waals surface area contributed by atoms with Crippen LogP contribution < -0.4 is 14.2 Å². The molecular formula is C28H49NO8SSi2. The van der Waals surface area contributed by atoms with Crippen molar-refractivity contribution in [2.75, 3.05) is 19.5 Å². The van der Waals surface area contributed by atoms with Gasteiger partial charge in [0.2, 0.25) is 22.5 Å². The molecule has 1 aromatic carbocycles. The summed E-state index contributed by atoms with van der Waals surface area (Å²) < 4.78 is 18.2. The quantitative estimate of drug-likeness (QED) is 0.188. The van der Waals surface area contributed by atoms with Crippen LogP contribution in [0.3, 0.4) is 0 Å². The van der Waals surface area contributed by atoms with Crippen molar-refractivity contribution >= 4 is 46.2 Å². The fourth-order valence-electron chi connectivity index (χ4n) is 3.23. The van der Waals surface area contributed by atoms with E-state index in [0.29, 0.717) is 22.6 Å². The summed E-state index contributed by atoms with van der Waals surface area (Å²) in [5.74, 6) is -0.849. The van der Waals surface area contributed by atoms with Crippen molar-refractivity contribution < 1.29 is 38.2 Å². The van der Waals surface area contributed by atoms with E-state index in [1.54, 1.807) is 6.92 Å². The van der Waals surface area contributed by atoms with Crippen LogP contribution in [0.2, 0.25) is 36.3 Å². The number of thioether (sulfide) groups is 1. The molecule has 0 aliphatic heterocycles. The molecule has 3 N–H and O–H groups in total. The Bertz CT molecular complexity index is 1080. The number of carbonyl (C=O) groups is 3. The predicted octanol–water partition coefficient (Wildman–Crippen LogP) is 5.73. The normalized spacial score (nSPS) is 13.4. The number of aromatic carboxylic acids is 1. The number of methoxy groups -OCH3 is 1. The number of carboxylic acids is 1. The first-order chi connectivity index (χ1) is 18.1. The van der Waals surface area contributed by atoms with Gasteiger partial charge in [-0.15, -0.1) is 0 Å². The van der Waals surface area contributed by atoms with E-state index in [1.807, 2.05) is 6.07 Å². The van der Waals surface area contributed by atoms with Crippen molar-refractivity contribution in [2.24, 2.45) is 0 Å². The number of amides is 1. The lowest BCUT2D eigenvalue weighted by molar-refractivity contribution is -0.144. The topological polar surface area (TPSA) is 131 Å². The van der Waals surface area contributed by atoms with E-state index in [1.165, 1.54) is 18.9 Å². The maximum atomic E-state index is 12.7. The number of rotatable bonds is 13. The number of carboxylic acid groups (broad SMARTS) is 1. The third-order valence-corrected chi connectivity index (χ3v) is 17.6. The minimum Gasteiger partial charge on any atom is -0.543 e. The molecule has 0 aliphatic rings. The molecule has 12 heteroatoms. The van der Waals surface area contributed by atoms with Crippen molar-refractivity contribution in [3.05, 3.63) is 22.8 Å². The molecule has 9 nitrogen and oxygen atoms in total. The summed E-state index contributed by atoms with van der Waals surface area (Å²) in [4.78, 5) is 37.0. The van der Waals surface area contributed by atoms with Gasteiger partial charge in [0.15, 0.2) is 0 Å². The average molecular weight is 616 g/mol. The van der Waals surface area contributed by atoms with E-state index in [9.17, 15) is 19.5 Å². The molecule has 1 aromatic rings. The van der Waals surface area contributed by atoms with Gasteiger partial charge in [0.25, 0.3) is 0 Å². The first kappa shape index (κ1) is 36.0. The molecule has 0 unspecified atom stereocenters. The fourth-order valence-corrected chi connectivity index (χ4v) is 6.40. The van der Waals surface area contributed by atoms with Gasteiger partial charge in [-0.25, -0.2) is 9.59 Å². The van der Waals surface area contributed by atoms with Gasteiger partial charge >= 0.3 is 11.9 Å². The van der Waals surface area contributed by atoms with E-state index in [2.05, 4.69) is 73.0 Å². The molecule has 0 saturated heterocycles. The maximum Gasteiger partial charge on any atom is 0.336 e. The Kier molecular flexibility index (Phi) is 12.4. The Morgan fingerprint density at radius 1 is 0.975 bits per heavy atom. The van der Waals surface area contributed by atoms with Gasteiger partial charge in [-0.1, -0.05) is 41.5 Å². The summed E-state index contributed by atoms with van der Waals surface area (Å²) in [5, 5.41) is 21.8. The molecule has 40 heavy (non-hydrogen) atoms. The van der Waals surface area contributed by atoms with Gasteiger partial charge in [-0.05, 0) is 43.2 Å². The number of aliphatic hydroxyl groups is 1. The zero-order chi connectivity index (χ0) is 31.3. The summed E-state index contributed by atoms with van der Waals surface area (Å²) in [7, 11) is -3.46. The molecule has 228 valence electrons. The molecule has 0 aromatic heterocycles. The van der Waals surface area contributed by atoms with Gasteiger partial charge in [-0.3, -0.25) is 4.79 Å². The van der Waals surface area contributed by atoms with Crippen LogP contribution in [0.1, 0.15) is 69.4 Å². The first-order valence-electron chi connectivity index (χ1n) is 13.4. The number of benzene rings is 1. The highest BCUT2D eigenvalue weighted by atomic mass is 32.2. The third kappa shape index (κ3) is 9.25. The molecule has 0 heterocycles. The Morgan fingerprint density at radius 3 is 1.90 bits per heavy atom. The summed E-state index contributed by atoms with van der Waals surface area (Å²) in [6, 6.07) is 0.883. The summed E-state index contributed by atoms with van der Waals surface area (Å²) >= 11 is 1.29. The van der Waals surface area contributed by atoms with Gasteiger partial charge in [-0.2, -0.15) is 11.8 Å². The van der Waals surface area contributed by atoms with Crippen LogP contribution >= 0.6 is 11.8 Å². The second kappa shape index (κ2) is 13.8. The SMILES string of the molecule is COC(=O)[C@H](CSCc1c(O[Si](C)(C)C(C)(C)C)cc(O[Si](C)(C)C(C)(C)C)c(C)c1C(=O)O)NC(=O)CCO. The van der Waals surface area contributed by atoms with Crippen LogP contribution in [0.4, 0.5) is 0 Å². The summed E-state index contributed by atoms with van der Waals surface area (Å²) in [6.07, 6.45) is -0.138. The maximum absolute atomic E-state index is 12.7. The van der Waals surface area contributed by atoms with Gasteiger partial charge in [0.1, 0.15) is 17.5 Å². The van der Waals surface area contributed by atoms with Crippen LogP contribution in [0.15, 0.2) is 6.07 Å². The second-order valence-corrected chi connectivity index (χ2v) is 23.5. The molecule has 1 atom stereocenters. The number of hydrogen-bond donors (Lipinski definition) is 3. The highest BCUT2D eigenvalue weighted by molar-refractivity contribution is 7.98. The number of ether oxygens (including phenoxy) is 1. The lowest BCUT2D eigenvalue weighted by Gasteiger charge is -2.39. The third-order valence-electron chi connectivity index (χ3n) is 7.85. The zero-order valence-electron chi connectivity index (χ0n) is 26.2. The molecule has 0 fully saturated rings. The Balaban J connectivity index is 3.63. The lowest BCUT2D eigenvalue weighted by Crippen LogP contribution is -2.45. The smallest absolute Gasteiger partial charge is 0.336 e. The predicted molar refractivity (Wildman–Crippen MR) is 166 cm³/mol. The number of hydrogen-bond acceptors (Lipinski definition) is 8. The van der Waals surface area contributed by atoms with Crippen molar-refractivity contribution in [3.8, 4) is 11.5 Å². The Labute approximate surface area is 246 Å². The van der Waals surface area contributed by atoms with E-state index in [4.69, 9.17) is 18.7 Å². The van der Waals surface area contributed by atoms with Gasteiger partial charge in [0.05, 0.1) is 19.3 Å². The minimum atomic E-state index is -2.39. The summed E-state index contributed by atoms with van der Waals surface area (Å²) in [5.41, 5.74) is 1.15. The molecule has 0 radical (unpaired) electrons. The highest BCUT2D eigenvalue weighted by Crippen LogP contribution is 2.44. The second-order valence-electron chi connectivity index (χ2n) is 13.0. The molecule has 1 rings (SSSR count). The van der Waals surface area contributed by atoms with Gasteiger partial charge in [0, 0.05) is 35.1 Å².